The molecule has 10 heteroatoms. The third kappa shape index (κ3) is 2.53. The van der Waals surface area contributed by atoms with E-state index < -0.39 is 88.3 Å². The van der Waals surface area contributed by atoms with Crippen LogP contribution >= 0.6 is 0 Å². The summed E-state index contributed by atoms with van der Waals surface area (Å²) in [5, 5.41) is 32.6. The lowest BCUT2D eigenvalue weighted by molar-refractivity contribution is -0.189. The van der Waals surface area contributed by atoms with Crippen molar-refractivity contribution < 1.29 is 44.1 Å². The van der Waals surface area contributed by atoms with Crippen molar-refractivity contribution in [1.82, 2.24) is 0 Å². The third-order valence-corrected chi connectivity index (χ3v) is 7.22. The van der Waals surface area contributed by atoms with Gasteiger partial charge in [-0.05, 0) is 30.5 Å². The van der Waals surface area contributed by atoms with Gasteiger partial charge in [0.2, 0.25) is 5.91 Å². The van der Waals surface area contributed by atoms with Gasteiger partial charge < -0.3 is 21.1 Å². The highest BCUT2D eigenvalue weighted by molar-refractivity contribution is 6.31. The number of benzene rings is 1. The van der Waals surface area contributed by atoms with E-state index in [9.17, 15) is 44.1 Å². The first-order chi connectivity index (χ1) is 14.8. The zero-order valence-corrected chi connectivity index (χ0v) is 17.2. The summed E-state index contributed by atoms with van der Waals surface area (Å²) < 4.78 is 0. The fraction of sp³-hybridized carbons (Fsp3) is 0.455. The Hall–Kier alpha value is -3.24. The van der Waals surface area contributed by atoms with E-state index in [1.165, 1.54) is 13.0 Å². The zero-order valence-electron chi connectivity index (χ0n) is 17.2. The molecule has 1 aromatic rings. The lowest BCUT2D eigenvalue weighted by atomic mass is 9.50. The van der Waals surface area contributed by atoms with Crippen LogP contribution in [0.4, 0.5) is 0 Å². The van der Waals surface area contributed by atoms with Crippen LogP contribution in [0.25, 0.3) is 0 Å². The number of carbonyl (C=O) groups excluding carboxylic acids is 6. The summed E-state index contributed by atoms with van der Waals surface area (Å²) in [6, 6.07) is 2.47. The van der Waals surface area contributed by atoms with Gasteiger partial charge in [-0.25, -0.2) is 0 Å². The van der Waals surface area contributed by atoms with E-state index in [0.717, 1.165) is 6.07 Å². The lowest BCUT2D eigenvalue weighted by Crippen LogP contribution is -2.72. The molecule has 3 aliphatic carbocycles. The number of hydrogen-bond donors (Lipinski definition) is 4. The minimum atomic E-state index is -2.96. The van der Waals surface area contributed by atoms with Crippen molar-refractivity contribution in [2.24, 2.45) is 29.4 Å². The molecular weight excluding hydrogens is 422 g/mol. The maximum atomic E-state index is 13.4. The number of rotatable bonds is 2. The normalized spacial score (nSPS) is 36.2. The monoisotopic (exact) mass is 443 g/mol. The molecule has 0 saturated heterocycles. The van der Waals surface area contributed by atoms with Crippen LogP contribution in [0.5, 0.6) is 5.75 Å². The smallest absolute Gasteiger partial charge is 0.235 e. The SMILES string of the molecule is CC(=O)c1ccc(O)c2c1[C@H](C)[C@@H]1C(C2=O)C(=O)[C@]2(O)C(=O)C(C(N)=O)C(=O)C[C@@H]2[C@H]1O. The molecule has 0 bridgehead atoms. The fourth-order valence-electron chi connectivity index (χ4n) is 5.74. The molecule has 4 rings (SSSR count). The van der Waals surface area contributed by atoms with E-state index in [2.05, 4.69) is 0 Å². The van der Waals surface area contributed by atoms with Gasteiger partial charge in [-0.15, -0.1) is 0 Å². The predicted octanol–water partition coefficient (Wildman–Crippen LogP) is -0.939. The predicted molar refractivity (Wildman–Crippen MR) is 105 cm³/mol. The molecule has 168 valence electrons. The number of primary amides is 1. The summed E-state index contributed by atoms with van der Waals surface area (Å²) in [5.74, 6) is -14.2. The number of phenols is 1. The van der Waals surface area contributed by atoms with Gasteiger partial charge in [0.1, 0.15) is 5.75 Å². The molecule has 0 heterocycles. The number of amides is 1. The number of fused-ring (bicyclic) bond motifs is 3. The molecule has 10 nitrogen and oxygen atoms in total. The van der Waals surface area contributed by atoms with Gasteiger partial charge in [0.25, 0.3) is 0 Å². The molecule has 7 atom stereocenters. The van der Waals surface area contributed by atoms with Gasteiger partial charge >= 0.3 is 0 Å². The van der Waals surface area contributed by atoms with Crippen molar-refractivity contribution in [3.05, 3.63) is 28.8 Å². The molecule has 1 amide bonds. The van der Waals surface area contributed by atoms with Gasteiger partial charge in [0.05, 0.1) is 17.6 Å². The number of nitrogens with two attached hydrogens (primary N) is 1. The van der Waals surface area contributed by atoms with Gasteiger partial charge in [0.15, 0.2) is 40.4 Å². The summed E-state index contributed by atoms with van der Waals surface area (Å²) in [7, 11) is 0. The van der Waals surface area contributed by atoms with E-state index in [1.807, 2.05) is 0 Å². The Bertz CT molecular complexity index is 1140. The second kappa shape index (κ2) is 6.88. The standard InChI is InChI=1S/C22H21NO9/c1-6-12-8(7(2)24)3-4-10(25)14(12)18(28)16-13(6)17(27)9-5-11(26)15(21(23)31)19(29)22(9,32)20(16)30/h3-4,6,9,13,15-17,25,27,32H,5H2,1-2H3,(H2,23,31)/t6-,9+,13+,15?,16?,17+,22+/m0/s1. The van der Waals surface area contributed by atoms with Gasteiger partial charge in [-0.2, -0.15) is 0 Å². The van der Waals surface area contributed by atoms with Crippen molar-refractivity contribution in [2.45, 2.75) is 37.9 Å². The Morgan fingerprint density at radius 3 is 2.31 bits per heavy atom. The molecule has 0 aliphatic heterocycles. The molecule has 2 unspecified atom stereocenters. The van der Waals surface area contributed by atoms with E-state index >= 15 is 0 Å². The van der Waals surface area contributed by atoms with Gasteiger partial charge in [0, 0.05) is 23.8 Å². The summed E-state index contributed by atoms with van der Waals surface area (Å²) in [4.78, 5) is 75.9. The maximum absolute atomic E-state index is 13.4. The van der Waals surface area contributed by atoms with Gasteiger partial charge in [-0.3, -0.25) is 28.8 Å². The molecule has 2 saturated carbocycles. The summed E-state index contributed by atoms with van der Waals surface area (Å²) in [6.07, 6.45) is -2.34. The quantitative estimate of drug-likeness (QED) is 0.330. The number of carbonyl (C=O) groups is 6. The number of Topliss-reactive ketones (excluding diaryl/α,β-unsaturated/α-hetero) is 5. The van der Waals surface area contributed by atoms with Crippen molar-refractivity contribution in [1.29, 1.82) is 0 Å². The molecule has 0 radical (unpaired) electrons. The van der Waals surface area contributed by atoms with Crippen molar-refractivity contribution >= 4 is 34.8 Å². The summed E-state index contributed by atoms with van der Waals surface area (Å²) in [5.41, 5.74) is 2.15. The molecule has 0 aromatic heterocycles. The Balaban J connectivity index is 1.94. The van der Waals surface area contributed by atoms with Crippen LogP contribution in [0.2, 0.25) is 0 Å². The highest BCUT2D eigenvalue weighted by Crippen LogP contribution is 2.54. The number of aliphatic hydroxyl groups excluding tert-OH is 1. The van der Waals surface area contributed by atoms with Gasteiger partial charge in [-0.1, -0.05) is 6.92 Å². The number of hydrogen-bond acceptors (Lipinski definition) is 9. The summed E-state index contributed by atoms with van der Waals surface area (Å²) in [6.45, 7) is 2.81. The average molecular weight is 443 g/mol. The highest BCUT2D eigenvalue weighted by Gasteiger charge is 2.70. The van der Waals surface area contributed by atoms with E-state index in [-0.39, 0.29) is 16.7 Å². The largest absolute Gasteiger partial charge is 0.507 e. The van der Waals surface area contributed by atoms with Crippen LogP contribution in [0, 0.1) is 23.7 Å². The van der Waals surface area contributed by atoms with E-state index in [0.29, 0.717) is 0 Å². The minimum Gasteiger partial charge on any atom is -0.507 e. The molecular formula is C22H21NO9. The van der Waals surface area contributed by atoms with Crippen LogP contribution in [0.3, 0.4) is 0 Å². The second-order valence-corrected chi connectivity index (χ2v) is 8.78. The number of phenolic OH excluding ortho intramolecular Hbond substituents is 1. The highest BCUT2D eigenvalue weighted by atomic mass is 16.3. The number of aliphatic hydroxyl groups is 2. The lowest BCUT2D eigenvalue weighted by Gasteiger charge is -2.53. The second-order valence-electron chi connectivity index (χ2n) is 8.78. The van der Waals surface area contributed by atoms with Crippen molar-refractivity contribution in [3.63, 3.8) is 0 Å². The third-order valence-electron chi connectivity index (χ3n) is 7.22. The van der Waals surface area contributed by atoms with E-state index in [1.54, 1.807) is 6.92 Å². The molecule has 2 fully saturated rings. The first-order valence-electron chi connectivity index (χ1n) is 10.1. The fourth-order valence-corrected chi connectivity index (χ4v) is 5.74. The molecule has 0 spiro atoms. The van der Waals surface area contributed by atoms with Crippen LogP contribution in [0.1, 0.15) is 52.5 Å². The summed E-state index contributed by atoms with van der Waals surface area (Å²) >= 11 is 0. The first kappa shape index (κ1) is 22.0. The average Bonchev–Trinajstić information content (AvgIpc) is 2.70. The van der Waals surface area contributed by atoms with Crippen LogP contribution in [-0.2, 0) is 19.2 Å². The first-order valence-corrected chi connectivity index (χ1v) is 10.1. The minimum absolute atomic E-state index is 0.127. The maximum Gasteiger partial charge on any atom is 0.235 e. The van der Waals surface area contributed by atoms with Crippen molar-refractivity contribution in [3.8, 4) is 5.75 Å². The van der Waals surface area contributed by atoms with Crippen LogP contribution in [-0.4, -0.2) is 61.8 Å². The Kier molecular flexibility index (Phi) is 4.72. The van der Waals surface area contributed by atoms with Crippen molar-refractivity contribution in [2.75, 3.05) is 0 Å². The van der Waals surface area contributed by atoms with Crippen LogP contribution in [0.15, 0.2) is 12.1 Å². The molecule has 32 heavy (non-hydrogen) atoms. The zero-order chi connectivity index (χ0) is 23.9. The molecule has 1 aromatic carbocycles. The van der Waals surface area contributed by atoms with E-state index in [4.69, 9.17) is 5.73 Å². The Morgan fingerprint density at radius 1 is 1.12 bits per heavy atom. The Morgan fingerprint density at radius 2 is 1.75 bits per heavy atom. The molecule has 5 N–H and O–H groups in total. The molecule has 3 aliphatic rings. The number of ketones is 5. The topological polar surface area (TPSA) is 189 Å². The van der Waals surface area contributed by atoms with Crippen LogP contribution < -0.4 is 5.73 Å². The number of aromatic hydroxyl groups is 1. The Labute approximate surface area is 181 Å².